The number of rotatable bonds is 5. The number of amides is 2. The Bertz CT molecular complexity index is 994. The number of nitrogens with one attached hydrogen (secondary N) is 2. The molecule has 3 aromatic carbocycles. The van der Waals surface area contributed by atoms with Crippen LogP contribution in [0.1, 0.15) is 5.56 Å². The minimum Gasteiger partial charge on any atom is -0.457 e. The minimum absolute atomic E-state index is 0.103. The molecule has 6 nitrogen and oxygen atoms in total. The number of hydrogen-bond acceptors (Lipinski definition) is 4. The Morgan fingerprint density at radius 1 is 0.893 bits per heavy atom. The molecule has 6 N–H and O–H groups in total. The lowest BCUT2D eigenvalue weighted by atomic mass is 10.2. The maximum absolute atomic E-state index is 13.7. The Morgan fingerprint density at radius 3 is 2.29 bits per heavy atom. The topological polar surface area (TPSA) is 102 Å². The summed E-state index contributed by atoms with van der Waals surface area (Å²) < 4.78 is 32.1. The van der Waals surface area contributed by atoms with Gasteiger partial charge in [-0.05, 0) is 54.1 Å². The van der Waals surface area contributed by atoms with Gasteiger partial charge in [-0.3, -0.25) is 0 Å². The molecule has 0 unspecified atom stereocenters. The van der Waals surface area contributed by atoms with Gasteiger partial charge in [0, 0.05) is 11.8 Å². The van der Waals surface area contributed by atoms with Crippen molar-refractivity contribution >= 4 is 28.8 Å². The highest BCUT2D eigenvalue weighted by atomic mass is 19.1. The molecular weight excluding hydrogens is 366 g/mol. The average Bonchev–Trinajstić information content (AvgIpc) is 2.68. The molecular formula is C20H18F2N4O2. The van der Waals surface area contributed by atoms with Gasteiger partial charge in [0.05, 0.1) is 17.1 Å². The number of carbonyl (C=O) groups excluding carboxylic acids is 1. The van der Waals surface area contributed by atoms with E-state index in [0.717, 1.165) is 6.07 Å². The fourth-order valence-corrected chi connectivity index (χ4v) is 2.39. The molecule has 0 bridgehead atoms. The van der Waals surface area contributed by atoms with Gasteiger partial charge in [-0.1, -0.05) is 6.07 Å². The van der Waals surface area contributed by atoms with E-state index in [4.69, 9.17) is 16.2 Å². The number of carbonyl (C=O) groups is 1. The minimum atomic E-state index is -0.752. The highest BCUT2D eigenvalue weighted by Crippen LogP contribution is 2.27. The van der Waals surface area contributed by atoms with Crippen molar-refractivity contribution in [3.8, 4) is 11.5 Å². The van der Waals surface area contributed by atoms with Crippen LogP contribution in [0.3, 0.4) is 0 Å². The molecule has 0 saturated carbocycles. The lowest BCUT2D eigenvalue weighted by Crippen LogP contribution is -2.20. The van der Waals surface area contributed by atoms with Gasteiger partial charge in [-0.15, -0.1) is 0 Å². The van der Waals surface area contributed by atoms with Gasteiger partial charge in [0.1, 0.15) is 24.0 Å². The van der Waals surface area contributed by atoms with Crippen molar-refractivity contribution in [3.63, 3.8) is 0 Å². The maximum atomic E-state index is 13.7. The number of alkyl halides is 1. The molecule has 0 spiro atoms. The van der Waals surface area contributed by atoms with Crippen LogP contribution in [0.5, 0.6) is 11.5 Å². The summed E-state index contributed by atoms with van der Waals surface area (Å²) in [5.74, 6) is 0.393. The van der Waals surface area contributed by atoms with Crippen LogP contribution in [0.15, 0.2) is 60.7 Å². The lowest BCUT2D eigenvalue weighted by Gasteiger charge is -2.11. The smallest absolute Gasteiger partial charge is 0.323 e. The van der Waals surface area contributed by atoms with Gasteiger partial charge in [0.15, 0.2) is 0 Å². The van der Waals surface area contributed by atoms with Crippen LogP contribution in [0.4, 0.5) is 36.3 Å². The summed E-state index contributed by atoms with van der Waals surface area (Å²) >= 11 is 0. The van der Waals surface area contributed by atoms with Crippen molar-refractivity contribution in [1.29, 1.82) is 0 Å². The van der Waals surface area contributed by atoms with Gasteiger partial charge in [0.2, 0.25) is 0 Å². The van der Waals surface area contributed by atoms with Crippen LogP contribution in [-0.4, -0.2) is 6.03 Å². The number of benzene rings is 3. The third-order valence-corrected chi connectivity index (χ3v) is 3.84. The van der Waals surface area contributed by atoms with E-state index in [1.165, 1.54) is 12.1 Å². The van der Waals surface area contributed by atoms with E-state index in [1.807, 2.05) is 0 Å². The second-order valence-corrected chi connectivity index (χ2v) is 5.94. The van der Waals surface area contributed by atoms with E-state index in [-0.39, 0.29) is 11.3 Å². The third kappa shape index (κ3) is 4.67. The summed E-state index contributed by atoms with van der Waals surface area (Å²) in [5.41, 5.74) is 12.9. The molecule has 0 saturated heterocycles. The fraction of sp³-hybridized carbons (Fsp3) is 0.0500. The molecule has 3 rings (SSSR count). The predicted molar refractivity (Wildman–Crippen MR) is 106 cm³/mol. The molecule has 0 aliphatic rings. The lowest BCUT2D eigenvalue weighted by molar-refractivity contribution is 0.262. The van der Waals surface area contributed by atoms with Crippen molar-refractivity contribution in [2.45, 2.75) is 6.67 Å². The molecule has 0 aromatic heterocycles. The Hall–Kier alpha value is -3.81. The Morgan fingerprint density at radius 2 is 1.61 bits per heavy atom. The van der Waals surface area contributed by atoms with Gasteiger partial charge >= 0.3 is 6.03 Å². The van der Waals surface area contributed by atoms with Crippen LogP contribution < -0.4 is 26.8 Å². The van der Waals surface area contributed by atoms with Crippen molar-refractivity contribution in [3.05, 3.63) is 72.0 Å². The molecule has 28 heavy (non-hydrogen) atoms. The van der Waals surface area contributed by atoms with Crippen molar-refractivity contribution < 1.29 is 18.3 Å². The first-order valence-electron chi connectivity index (χ1n) is 8.30. The summed E-state index contributed by atoms with van der Waals surface area (Å²) in [6, 6.07) is 14.4. The number of nitrogen functional groups attached to an aromatic ring is 2. The predicted octanol–water partition coefficient (Wildman–Crippen LogP) is 4.90. The molecule has 0 atom stereocenters. The third-order valence-electron chi connectivity index (χ3n) is 3.84. The second kappa shape index (κ2) is 8.26. The molecule has 8 heteroatoms. The summed E-state index contributed by atoms with van der Waals surface area (Å²) in [5, 5.41) is 4.91. The first-order valence-corrected chi connectivity index (χ1v) is 8.30. The van der Waals surface area contributed by atoms with E-state index in [9.17, 15) is 13.6 Å². The second-order valence-electron chi connectivity index (χ2n) is 5.94. The van der Waals surface area contributed by atoms with E-state index in [1.54, 1.807) is 42.5 Å². The first-order chi connectivity index (χ1) is 13.4. The highest BCUT2D eigenvalue weighted by Gasteiger charge is 2.09. The van der Waals surface area contributed by atoms with Crippen LogP contribution >= 0.6 is 0 Å². The molecule has 0 radical (unpaired) electrons. The zero-order valence-corrected chi connectivity index (χ0v) is 14.7. The zero-order chi connectivity index (χ0) is 20.1. The number of halogens is 2. The van der Waals surface area contributed by atoms with Gasteiger partial charge in [0.25, 0.3) is 0 Å². The standard InChI is InChI=1S/C20H18F2N4O2/c21-11-12-1-7-16(22)19(9-12)26-20(27)25-13-2-4-14(5-3-13)28-15-6-8-17(23)18(24)10-15/h1-10H,11,23-24H2,(H2,25,26,27). The summed E-state index contributed by atoms with van der Waals surface area (Å²) in [6.07, 6.45) is 0. The monoisotopic (exact) mass is 384 g/mol. The average molecular weight is 384 g/mol. The highest BCUT2D eigenvalue weighted by molar-refractivity contribution is 5.99. The van der Waals surface area contributed by atoms with Crippen LogP contribution in [0.2, 0.25) is 0 Å². The number of hydrogen-bond donors (Lipinski definition) is 4. The number of ether oxygens (including phenoxy) is 1. The largest absolute Gasteiger partial charge is 0.457 e. The molecule has 0 heterocycles. The SMILES string of the molecule is Nc1ccc(Oc2ccc(NC(=O)Nc3cc(CF)ccc3F)cc2)cc1N. The summed E-state index contributed by atoms with van der Waals surface area (Å²) in [4.78, 5) is 12.0. The van der Waals surface area contributed by atoms with Crippen LogP contribution in [0.25, 0.3) is 0 Å². The van der Waals surface area contributed by atoms with E-state index in [2.05, 4.69) is 10.6 Å². The number of nitrogens with two attached hydrogens (primary N) is 2. The maximum Gasteiger partial charge on any atom is 0.323 e. The Labute approximate surface area is 160 Å². The van der Waals surface area contributed by atoms with Crippen LogP contribution in [-0.2, 0) is 6.67 Å². The molecule has 144 valence electrons. The molecule has 3 aromatic rings. The molecule has 0 fully saturated rings. The Kier molecular flexibility index (Phi) is 5.59. The molecule has 0 aliphatic carbocycles. The van der Waals surface area contributed by atoms with Gasteiger partial charge in [-0.25, -0.2) is 13.6 Å². The van der Waals surface area contributed by atoms with E-state index >= 15 is 0 Å². The van der Waals surface area contributed by atoms with Crippen molar-refractivity contribution in [2.24, 2.45) is 0 Å². The quantitative estimate of drug-likeness (QED) is 0.470. The number of urea groups is 1. The van der Waals surface area contributed by atoms with Crippen LogP contribution in [0, 0.1) is 5.82 Å². The van der Waals surface area contributed by atoms with Gasteiger partial charge in [-0.2, -0.15) is 0 Å². The zero-order valence-electron chi connectivity index (χ0n) is 14.7. The normalized spacial score (nSPS) is 10.4. The molecule has 0 aliphatic heterocycles. The van der Waals surface area contributed by atoms with E-state index in [0.29, 0.717) is 28.6 Å². The Balaban J connectivity index is 1.62. The van der Waals surface area contributed by atoms with E-state index < -0.39 is 18.5 Å². The number of anilines is 4. The summed E-state index contributed by atoms with van der Waals surface area (Å²) in [7, 11) is 0. The molecule has 2 amide bonds. The summed E-state index contributed by atoms with van der Waals surface area (Å²) in [6.45, 7) is -0.752. The van der Waals surface area contributed by atoms with Crippen molar-refractivity contribution in [1.82, 2.24) is 0 Å². The first kappa shape index (κ1) is 19.0. The van der Waals surface area contributed by atoms with Gasteiger partial charge < -0.3 is 26.8 Å². The van der Waals surface area contributed by atoms with Crippen molar-refractivity contribution in [2.75, 3.05) is 22.1 Å². The fourth-order valence-electron chi connectivity index (χ4n) is 2.39.